The van der Waals surface area contributed by atoms with Crippen molar-refractivity contribution in [1.29, 1.82) is 0 Å². The standard InChI is InChI=1S/C29H26ClN7O2/c1-3-36-14-20(17(2)34-36)25-19-8-4-6-10-22(19)32-28-26(25)29-33-27(35-37(29)16-31-28)24-13-12-18(39-24)15-38-23-11-7-5-9-21(23)30/h5,7,9,11-14,16H,3-4,6,8,10,15H2,1-2H3. The first-order valence-corrected chi connectivity index (χ1v) is 13.5. The monoisotopic (exact) mass is 539 g/mol. The lowest BCUT2D eigenvalue weighted by Crippen LogP contribution is -2.10. The molecule has 5 heterocycles. The topological polar surface area (TPSA) is 96.2 Å². The summed E-state index contributed by atoms with van der Waals surface area (Å²) in [4.78, 5) is 14.6. The number of para-hydroxylation sites is 1. The molecule has 7 rings (SSSR count). The highest BCUT2D eigenvalue weighted by Crippen LogP contribution is 2.39. The number of rotatable bonds is 6. The first-order chi connectivity index (χ1) is 19.1. The fraction of sp³-hybridized carbons (Fsp3) is 0.276. The third kappa shape index (κ3) is 4.13. The molecule has 0 radical (unpaired) electrons. The smallest absolute Gasteiger partial charge is 0.217 e. The SMILES string of the molecule is CCn1cc(-c2c3c(nc4ncn5nc(-c6ccc(COc7ccccc7Cl)o6)nc5c24)CCCC3)c(C)n1. The molecule has 5 aromatic heterocycles. The number of nitrogens with zero attached hydrogens (tertiary/aromatic N) is 7. The Kier molecular flexibility index (Phi) is 5.81. The number of hydrogen-bond donors (Lipinski definition) is 0. The third-order valence-electron chi connectivity index (χ3n) is 7.23. The minimum absolute atomic E-state index is 0.239. The molecule has 0 spiro atoms. The molecule has 0 fully saturated rings. The molecule has 0 N–H and O–H groups in total. The quantitative estimate of drug-likeness (QED) is 0.247. The van der Waals surface area contributed by atoms with Gasteiger partial charge in [-0.05, 0) is 69.4 Å². The van der Waals surface area contributed by atoms with Crippen LogP contribution in [-0.4, -0.2) is 34.3 Å². The molecule has 0 saturated heterocycles. The van der Waals surface area contributed by atoms with E-state index in [1.54, 1.807) is 16.9 Å². The lowest BCUT2D eigenvalue weighted by molar-refractivity contribution is 0.272. The van der Waals surface area contributed by atoms with Crippen LogP contribution in [0, 0.1) is 6.92 Å². The van der Waals surface area contributed by atoms with Crippen LogP contribution in [0.15, 0.2) is 53.3 Å². The number of aromatic nitrogens is 7. The second-order valence-corrected chi connectivity index (χ2v) is 10.1. The van der Waals surface area contributed by atoms with E-state index >= 15 is 0 Å². The number of benzene rings is 1. The predicted molar refractivity (Wildman–Crippen MR) is 148 cm³/mol. The summed E-state index contributed by atoms with van der Waals surface area (Å²) >= 11 is 6.21. The van der Waals surface area contributed by atoms with Crippen LogP contribution in [0.2, 0.25) is 5.02 Å². The van der Waals surface area contributed by atoms with E-state index in [1.807, 2.05) is 35.0 Å². The molecule has 10 heteroatoms. The van der Waals surface area contributed by atoms with Crippen molar-refractivity contribution in [2.45, 2.75) is 52.7 Å². The van der Waals surface area contributed by atoms with E-state index in [2.05, 4.69) is 20.0 Å². The van der Waals surface area contributed by atoms with Gasteiger partial charge in [-0.25, -0.2) is 19.5 Å². The van der Waals surface area contributed by atoms with E-state index in [0.717, 1.165) is 60.1 Å². The van der Waals surface area contributed by atoms with Crippen molar-refractivity contribution < 1.29 is 9.15 Å². The van der Waals surface area contributed by atoms with E-state index in [-0.39, 0.29) is 6.61 Å². The molecule has 39 heavy (non-hydrogen) atoms. The highest BCUT2D eigenvalue weighted by molar-refractivity contribution is 6.32. The van der Waals surface area contributed by atoms with Gasteiger partial charge in [-0.15, -0.1) is 5.10 Å². The van der Waals surface area contributed by atoms with Crippen molar-refractivity contribution in [3.8, 4) is 28.5 Å². The zero-order valence-corrected chi connectivity index (χ0v) is 22.4. The second-order valence-electron chi connectivity index (χ2n) is 9.73. The zero-order chi connectivity index (χ0) is 26.5. The lowest BCUT2D eigenvalue weighted by atomic mass is 9.88. The van der Waals surface area contributed by atoms with Crippen LogP contribution in [0.4, 0.5) is 0 Å². The van der Waals surface area contributed by atoms with Gasteiger partial charge in [0, 0.05) is 29.6 Å². The van der Waals surface area contributed by atoms with Crippen LogP contribution in [0.5, 0.6) is 5.75 Å². The van der Waals surface area contributed by atoms with E-state index in [9.17, 15) is 0 Å². The maximum absolute atomic E-state index is 6.21. The highest BCUT2D eigenvalue weighted by atomic mass is 35.5. The maximum atomic E-state index is 6.21. The Bertz CT molecular complexity index is 1850. The molecule has 196 valence electrons. The summed E-state index contributed by atoms with van der Waals surface area (Å²) in [6.07, 6.45) is 7.99. The number of aryl methyl sites for hydroxylation is 3. The van der Waals surface area contributed by atoms with Crippen LogP contribution in [-0.2, 0) is 26.0 Å². The first kappa shape index (κ1) is 23.8. The average Bonchev–Trinajstić information content (AvgIpc) is 3.69. The Morgan fingerprint density at radius 1 is 1.05 bits per heavy atom. The summed E-state index contributed by atoms with van der Waals surface area (Å²) < 4.78 is 15.6. The van der Waals surface area contributed by atoms with Crippen LogP contribution in [0.3, 0.4) is 0 Å². The highest BCUT2D eigenvalue weighted by Gasteiger charge is 2.25. The fourth-order valence-corrected chi connectivity index (χ4v) is 5.52. The lowest BCUT2D eigenvalue weighted by Gasteiger charge is -2.20. The molecule has 6 aromatic rings. The van der Waals surface area contributed by atoms with Crippen LogP contribution >= 0.6 is 11.6 Å². The van der Waals surface area contributed by atoms with E-state index < -0.39 is 0 Å². The molecule has 1 aliphatic carbocycles. The maximum Gasteiger partial charge on any atom is 0.217 e. The summed E-state index contributed by atoms with van der Waals surface area (Å²) in [6.45, 7) is 5.19. The summed E-state index contributed by atoms with van der Waals surface area (Å²) in [5.74, 6) is 2.27. The van der Waals surface area contributed by atoms with Crippen LogP contribution in [0.25, 0.3) is 39.4 Å². The van der Waals surface area contributed by atoms with Gasteiger partial charge in [-0.3, -0.25) is 4.68 Å². The van der Waals surface area contributed by atoms with Gasteiger partial charge in [-0.1, -0.05) is 23.7 Å². The number of hydrogen-bond acceptors (Lipinski definition) is 7. The van der Waals surface area contributed by atoms with E-state index in [1.165, 1.54) is 5.56 Å². The van der Waals surface area contributed by atoms with E-state index in [4.69, 9.17) is 45.9 Å². The molecule has 1 aliphatic rings. The molecule has 0 unspecified atom stereocenters. The third-order valence-corrected chi connectivity index (χ3v) is 7.54. The molecule has 0 atom stereocenters. The summed E-state index contributed by atoms with van der Waals surface area (Å²) in [6, 6.07) is 11.1. The Balaban J connectivity index is 1.34. The predicted octanol–water partition coefficient (Wildman–Crippen LogP) is 6.24. The summed E-state index contributed by atoms with van der Waals surface area (Å²) in [5.41, 5.74) is 6.96. The van der Waals surface area contributed by atoms with Gasteiger partial charge < -0.3 is 9.15 Å². The molecule has 0 aliphatic heterocycles. The molecule has 0 amide bonds. The van der Waals surface area contributed by atoms with Crippen molar-refractivity contribution in [3.63, 3.8) is 0 Å². The largest absolute Gasteiger partial charge is 0.484 e. The number of fused-ring (bicyclic) bond motifs is 4. The minimum Gasteiger partial charge on any atom is -0.484 e. The summed E-state index contributed by atoms with van der Waals surface area (Å²) in [7, 11) is 0. The molecule has 1 aromatic carbocycles. The first-order valence-electron chi connectivity index (χ1n) is 13.2. The second kappa shape index (κ2) is 9.50. The van der Waals surface area contributed by atoms with E-state index in [0.29, 0.717) is 39.4 Å². The van der Waals surface area contributed by atoms with Gasteiger partial charge in [-0.2, -0.15) is 5.10 Å². The van der Waals surface area contributed by atoms with Gasteiger partial charge >= 0.3 is 0 Å². The normalized spacial score (nSPS) is 13.3. The average molecular weight is 540 g/mol. The number of ether oxygens (including phenoxy) is 1. The van der Waals surface area contributed by atoms with Crippen LogP contribution < -0.4 is 4.74 Å². The number of halogens is 1. The summed E-state index contributed by atoms with van der Waals surface area (Å²) in [5, 5.41) is 10.9. The van der Waals surface area contributed by atoms with Gasteiger partial charge in [0.2, 0.25) is 5.82 Å². The number of furan rings is 1. The van der Waals surface area contributed by atoms with Gasteiger partial charge in [0.05, 0.1) is 16.1 Å². The molecule has 9 nitrogen and oxygen atoms in total. The zero-order valence-electron chi connectivity index (χ0n) is 21.7. The fourth-order valence-electron chi connectivity index (χ4n) is 5.33. The van der Waals surface area contributed by atoms with Crippen molar-refractivity contribution in [1.82, 2.24) is 34.3 Å². The van der Waals surface area contributed by atoms with Crippen LogP contribution in [0.1, 0.15) is 42.5 Å². The molecular formula is C29H26ClN7O2. The molecule has 0 saturated carbocycles. The molecule has 0 bridgehead atoms. The van der Waals surface area contributed by atoms with Crippen molar-refractivity contribution in [3.05, 3.63) is 76.7 Å². The van der Waals surface area contributed by atoms with Gasteiger partial charge in [0.15, 0.2) is 17.1 Å². The molecular weight excluding hydrogens is 514 g/mol. The van der Waals surface area contributed by atoms with Gasteiger partial charge in [0.1, 0.15) is 24.4 Å². The van der Waals surface area contributed by atoms with Gasteiger partial charge in [0.25, 0.3) is 0 Å². The Morgan fingerprint density at radius 3 is 2.77 bits per heavy atom. The minimum atomic E-state index is 0.239. The van der Waals surface area contributed by atoms with Crippen molar-refractivity contribution in [2.24, 2.45) is 0 Å². The van der Waals surface area contributed by atoms with Crippen molar-refractivity contribution >= 4 is 28.3 Å². The number of pyridine rings is 1. The Hall–Kier alpha value is -4.24. The Labute approximate surface area is 229 Å². The van der Waals surface area contributed by atoms with Crippen molar-refractivity contribution in [2.75, 3.05) is 0 Å². The Morgan fingerprint density at radius 2 is 1.92 bits per heavy atom.